The number of aliphatic imine (C=N–C) groups is 1. The monoisotopic (exact) mass is 183 g/mol. The normalized spacial score (nSPS) is 20.5. The van der Waals surface area contributed by atoms with Crippen molar-refractivity contribution in [3.63, 3.8) is 0 Å². The van der Waals surface area contributed by atoms with E-state index in [-0.39, 0.29) is 0 Å². The predicted octanol–water partition coefficient (Wildman–Crippen LogP) is 1.49. The highest BCUT2D eigenvalue weighted by atomic mass is 15.1. The fourth-order valence-electron chi connectivity index (χ4n) is 1.46. The van der Waals surface area contributed by atoms with Gasteiger partial charge < -0.3 is 11.1 Å². The highest BCUT2D eigenvalue weighted by Crippen LogP contribution is 2.22. The first-order valence-corrected chi connectivity index (χ1v) is 5.17. The fraction of sp³-hybridized carbons (Fsp3) is 0.900. The van der Waals surface area contributed by atoms with Gasteiger partial charge in [0.05, 0.1) is 6.04 Å². The van der Waals surface area contributed by atoms with Gasteiger partial charge >= 0.3 is 0 Å². The van der Waals surface area contributed by atoms with E-state index in [2.05, 4.69) is 31.1 Å². The summed E-state index contributed by atoms with van der Waals surface area (Å²) in [6.07, 6.45) is 3.56. The molecule has 1 unspecified atom stereocenters. The summed E-state index contributed by atoms with van der Waals surface area (Å²) < 4.78 is 0. The van der Waals surface area contributed by atoms with Crippen molar-refractivity contribution in [2.45, 2.75) is 52.1 Å². The van der Waals surface area contributed by atoms with E-state index in [0.717, 1.165) is 6.42 Å². The van der Waals surface area contributed by atoms with E-state index in [1.807, 2.05) is 0 Å². The van der Waals surface area contributed by atoms with Crippen molar-refractivity contribution in [1.29, 1.82) is 0 Å². The molecule has 0 bridgehead atoms. The summed E-state index contributed by atoms with van der Waals surface area (Å²) in [5.74, 6) is 1.33. The summed E-state index contributed by atoms with van der Waals surface area (Å²) in [5, 5.41) is 3.21. The van der Waals surface area contributed by atoms with E-state index >= 15 is 0 Å². The Balaban J connectivity index is 2.21. The molecule has 0 aromatic heterocycles. The summed E-state index contributed by atoms with van der Waals surface area (Å²) in [5.41, 5.74) is 5.73. The molecule has 0 spiro atoms. The van der Waals surface area contributed by atoms with Crippen LogP contribution in [-0.2, 0) is 0 Å². The van der Waals surface area contributed by atoms with E-state index in [1.165, 1.54) is 12.8 Å². The zero-order chi connectivity index (χ0) is 9.84. The molecule has 1 aliphatic carbocycles. The van der Waals surface area contributed by atoms with Crippen LogP contribution < -0.4 is 11.1 Å². The smallest absolute Gasteiger partial charge is 0.189 e. The van der Waals surface area contributed by atoms with Crippen molar-refractivity contribution >= 4 is 5.96 Å². The lowest BCUT2D eigenvalue weighted by Crippen LogP contribution is -2.39. The minimum Gasteiger partial charge on any atom is -0.370 e. The van der Waals surface area contributed by atoms with Crippen molar-refractivity contribution < 1.29 is 0 Å². The zero-order valence-corrected chi connectivity index (χ0v) is 8.88. The minimum absolute atomic E-state index is 0.433. The zero-order valence-electron chi connectivity index (χ0n) is 8.88. The predicted molar refractivity (Wildman–Crippen MR) is 56.7 cm³/mol. The van der Waals surface area contributed by atoms with Gasteiger partial charge in [-0.1, -0.05) is 13.8 Å². The first kappa shape index (κ1) is 10.4. The van der Waals surface area contributed by atoms with E-state index < -0.39 is 0 Å². The van der Waals surface area contributed by atoms with Gasteiger partial charge in [0.25, 0.3) is 0 Å². The van der Waals surface area contributed by atoms with Crippen LogP contribution in [0.2, 0.25) is 0 Å². The van der Waals surface area contributed by atoms with Crippen molar-refractivity contribution in [2.24, 2.45) is 16.6 Å². The first-order valence-electron chi connectivity index (χ1n) is 5.17. The van der Waals surface area contributed by atoms with Gasteiger partial charge in [-0.05, 0) is 32.1 Å². The molecule has 76 valence electrons. The quantitative estimate of drug-likeness (QED) is 0.512. The summed E-state index contributed by atoms with van der Waals surface area (Å²) in [6.45, 7) is 6.58. The molecule has 1 fully saturated rings. The highest BCUT2D eigenvalue weighted by molar-refractivity contribution is 5.78. The summed E-state index contributed by atoms with van der Waals surface area (Å²) in [4.78, 5) is 4.32. The summed E-state index contributed by atoms with van der Waals surface area (Å²) in [6, 6.07) is 0.946. The average Bonchev–Trinajstić information content (AvgIpc) is 2.67. The number of hydrogen-bond acceptors (Lipinski definition) is 1. The van der Waals surface area contributed by atoms with Crippen molar-refractivity contribution in [3.05, 3.63) is 0 Å². The maximum Gasteiger partial charge on any atom is 0.189 e. The molecule has 0 amide bonds. The number of nitrogens with zero attached hydrogens (tertiary/aromatic N) is 1. The van der Waals surface area contributed by atoms with E-state index in [9.17, 15) is 0 Å². The van der Waals surface area contributed by atoms with Crippen LogP contribution in [0.15, 0.2) is 4.99 Å². The lowest BCUT2D eigenvalue weighted by molar-refractivity contribution is 0.489. The molecule has 1 atom stereocenters. The van der Waals surface area contributed by atoms with Crippen LogP contribution in [0.4, 0.5) is 0 Å². The molecule has 1 aliphatic rings. The van der Waals surface area contributed by atoms with E-state index in [4.69, 9.17) is 5.73 Å². The molecule has 0 aliphatic heterocycles. The summed E-state index contributed by atoms with van der Waals surface area (Å²) in [7, 11) is 0. The Hall–Kier alpha value is -0.730. The van der Waals surface area contributed by atoms with Crippen LogP contribution in [-0.4, -0.2) is 18.0 Å². The largest absolute Gasteiger partial charge is 0.370 e. The molecule has 0 heterocycles. The van der Waals surface area contributed by atoms with Gasteiger partial charge in [-0.15, -0.1) is 0 Å². The van der Waals surface area contributed by atoms with Gasteiger partial charge in [-0.25, -0.2) is 0 Å². The molecule has 13 heavy (non-hydrogen) atoms. The molecule has 3 nitrogen and oxygen atoms in total. The molecule has 1 rings (SSSR count). The second kappa shape index (κ2) is 4.49. The Kier molecular flexibility index (Phi) is 3.58. The molecule has 3 N–H and O–H groups in total. The Labute approximate surface area is 80.8 Å². The van der Waals surface area contributed by atoms with Gasteiger partial charge in [-0.2, -0.15) is 0 Å². The van der Waals surface area contributed by atoms with Crippen LogP contribution in [0, 0.1) is 5.92 Å². The molecule has 0 aromatic rings. The van der Waals surface area contributed by atoms with Crippen LogP contribution in [0.3, 0.4) is 0 Å². The number of rotatable bonds is 4. The Morgan fingerprint density at radius 2 is 2.08 bits per heavy atom. The number of nitrogens with one attached hydrogen (secondary N) is 1. The van der Waals surface area contributed by atoms with Gasteiger partial charge in [0.15, 0.2) is 5.96 Å². The molecule has 1 saturated carbocycles. The minimum atomic E-state index is 0.433. The lowest BCUT2D eigenvalue weighted by atomic mass is 10.1. The van der Waals surface area contributed by atoms with Crippen LogP contribution >= 0.6 is 0 Å². The summed E-state index contributed by atoms with van der Waals surface area (Å²) >= 11 is 0. The van der Waals surface area contributed by atoms with Gasteiger partial charge in [-0.3, -0.25) is 4.99 Å². The maximum absolute atomic E-state index is 5.73. The number of nitrogens with two attached hydrogens (primary N) is 1. The van der Waals surface area contributed by atoms with Gasteiger partial charge in [0.1, 0.15) is 0 Å². The molecule has 0 saturated heterocycles. The van der Waals surface area contributed by atoms with E-state index in [0.29, 0.717) is 24.0 Å². The van der Waals surface area contributed by atoms with Crippen LogP contribution in [0.25, 0.3) is 0 Å². The van der Waals surface area contributed by atoms with Crippen molar-refractivity contribution in [2.75, 3.05) is 0 Å². The van der Waals surface area contributed by atoms with Gasteiger partial charge in [0, 0.05) is 6.04 Å². The third-order valence-corrected chi connectivity index (χ3v) is 2.09. The third kappa shape index (κ3) is 4.76. The second-order valence-corrected chi connectivity index (χ2v) is 4.42. The fourth-order valence-corrected chi connectivity index (χ4v) is 1.46. The molecule has 0 radical (unpaired) electrons. The van der Waals surface area contributed by atoms with Crippen LogP contribution in [0.5, 0.6) is 0 Å². The second-order valence-electron chi connectivity index (χ2n) is 4.42. The number of hydrogen-bond donors (Lipinski definition) is 2. The van der Waals surface area contributed by atoms with Gasteiger partial charge in [0.2, 0.25) is 0 Å². The topological polar surface area (TPSA) is 50.4 Å². The Morgan fingerprint density at radius 1 is 1.46 bits per heavy atom. The molecule has 3 heteroatoms. The highest BCUT2D eigenvalue weighted by Gasteiger charge is 2.20. The third-order valence-electron chi connectivity index (χ3n) is 2.09. The van der Waals surface area contributed by atoms with E-state index in [1.54, 1.807) is 0 Å². The molecular weight excluding hydrogens is 162 g/mol. The first-order chi connectivity index (χ1) is 6.08. The SMILES string of the molecule is CC(C)CC(C)NC(N)=NC1CC1. The Morgan fingerprint density at radius 3 is 2.54 bits per heavy atom. The van der Waals surface area contributed by atoms with Crippen molar-refractivity contribution in [3.8, 4) is 0 Å². The van der Waals surface area contributed by atoms with Crippen molar-refractivity contribution in [1.82, 2.24) is 5.32 Å². The van der Waals surface area contributed by atoms with Crippen LogP contribution in [0.1, 0.15) is 40.0 Å². The Bertz CT molecular complexity index is 183. The number of guanidine groups is 1. The standard InChI is InChI=1S/C10H21N3/c1-7(2)6-8(3)12-10(11)13-9-4-5-9/h7-9H,4-6H2,1-3H3,(H3,11,12,13). The average molecular weight is 183 g/mol. The molecule has 0 aromatic carbocycles. The maximum atomic E-state index is 5.73. The lowest BCUT2D eigenvalue weighted by Gasteiger charge is -2.16. The molecular formula is C10H21N3.